The first-order valence-corrected chi connectivity index (χ1v) is 9.99. The van der Waals surface area contributed by atoms with Gasteiger partial charge >= 0.3 is 0 Å². The van der Waals surface area contributed by atoms with Gasteiger partial charge in [0.05, 0.1) is 0 Å². The van der Waals surface area contributed by atoms with E-state index in [4.69, 9.17) is 9.15 Å². The zero-order valence-corrected chi connectivity index (χ0v) is 16.8. The summed E-state index contributed by atoms with van der Waals surface area (Å²) in [5.41, 5.74) is 0.283. The van der Waals surface area contributed by atoms with E-state index in [1.54, 1.807) is 12.4 Å². The molecule has 152 valence electrons. The van der Waals surface area contributed by atoms with Crippen molar-refractivity contribution in [3.05, 3.63) is 54.5 Å². The van der Waals surface area contributed by atoms with E-state index < -0.39 is 0 Å². The van der Waals surface area contributed by atoms with Gasteiger partial charge in [-0.15, -0.1) is 0 Å². The molecular formula is C22H26N4O3. The number of aromatic nitrogens is 2. The lowest BCUT2D eigenvalue weighted by Crippen LogP contribution is -2.43. The Labute approximate surface area is 170 Å². The van der Waals surface area contributed by atoms with E-state index in [1.807, 2.05) is 24.3 Å². The van der Waals surface area contributed by atoms with E-state index >= 15 is 0 Å². The molecule has 1 fully saturated rings. The molecule has 2 aromatic heterocycles. The lowest BCUT2D eigenvalue weighted by Gasteiger charge is -2.32. The van der Waals surface area contributed by atoms with Crippen LogP contribution in [0.25, 0.3) is 10.8 Å². The Bertz CT molecular complexity index is 974. The number of hydrogen-bond donors (Lipinski definition) is 1. The van der Waals surface area contributed by atoms with Gasteiger partial charge in [0.15, 0.2) is 12.3 Å². The van der Waals surface area contributed by atoms with Crippen LogP contribution in [-0.2, 0) is 6.61 Å². The molecule has 1 atom stereocenters. The van der Waals surface area contributed by atoms with E-state index in [9.17, 15) is 4.79 Å². The first kappa shape index (κ1) is 19.4. The van der Waals surface area contributed by atoms with Crippen LogP contribution in [0.2, 0.25) is 0 Å². The van der Waals surface area contributed by atoms with Gasteiger partial charge in [-0.3, -0.25) is 9.78 Å². The van der Waals surface area contributed by atoms with Gasteiger partial charge in [0, 0.05) is 29.2 Å². The Balaban J connectivity index is 1.35. The summed E-state index contributed by atoms with van der Waals surface area (Å²) in [4.78, 5) is 23.3. The number of rotatable bonds is 6. The number of pyridine rings is 1. The molecule has 7 heteroatoms. The number of carbonyl (C=O) groups is 1. The fourth-order valence-corrected chi connectivity index (χ4v) is 3.77. The highest BCUT2D eigenvalue weighted by Crippen LogP contribution is 2.25. The molecule has 0 aliphatic carbocycles. The molecule has 3 aromatic rings. The number of ether oxygens (including phenoxy) is 1. The fraction of sp³-hybridized carbons (Fsp3) is 0.409. The van der Waals surface area contributed by atoms with Gasteiger partial charge in [-0.2, -0.15) is 0 Å². The predicted octanol–water partition coefficient (Wildman–Crippen LogP) is 3.26. The summed E-state index contributed by atoms with van der Waals surface area (Å²) in [6.45, 7) is 4.35. The van der Waals surface area contributed by atoms with Crippen molar-refractivity contribution in [3.8, 4) is 5.75 Å². The van der Waals surface area contributed by atoms with Crippen molar-refractivity contribution < 1.29 is 13.9 Å². The van der Waals surface area contributed by atoms with E-state index in [1.165, 1.54) is 6.26 Å². The number of piperidine rings is 1. The molecule has 0 radical (unpaired) electrons. The van der Waals surface area contributed by atoms with Crippen molar-refractivity contribution in [2.75, 3.05) is 20.1 Å². The predicted molar refractivity (Wildman–Crippen MR) is 110 cm³/mol. The third kappa shape index (κ3) is 4.56. The highest BCUT2D eigenvalue weighted by Gasteiger charge is 2.24. The van der Waals surface area contributed by atoms with Crippen molar-refractivity contribution in [1.82, 2.24) is 20.2 Å². The van der Waals surface area contributed by atoms with Crippen LogP contribution in [0.1, 0.15) is 36.1 Å². The summed E-state index contributed by atoms with van der Waals surface area (Å²) < 4.78 is 11.3. The zero-order valence-electron chi connectivity index (χ0n) is 16.8. The molecule has 29 heavy (non-hydrogen) atoms. The molecule has 4 rings (SSSR count). The minimum Gasteiger partial charge on any atom is -0.483 e. The molecule has 0 saturated carbocycles. The van der Waals surface area contributed by atoms with Crippen LogP contribution in [-0.4, -0.2) is 47.0 Å². The minimum absolute atomic E-state index is 0.108. The van der Waals surface area contributed by atoms with E-state index in [-0.39, 0.29) is 24.2 Å². The second kappa shape index (κ2) is 8.61. The van der Waals surface area contributed by atoms with Gasteiger partial charge in [0.1, 0.15) is 12.0 Å². The number of benzene rings is 1. The van der Waals surface area contributed by atoms with Crippen LogP contribution < -0.4 is 10.1 Å². The quantitative estimate of drug-likeness (QED) is 0.691. The molecular weight excluding hydrogens is 368 g/mol. The van der Waals surface area contributed by atoms with Crippen LogP contribution in [0.5, 0.6) is 5.75 Å². The highest BCUT2D eigenvalue weighted by atomic mass is 16.5. The number of carbonyl (C=O) groups excluding carboxylic acids is 1. The Morgan fingerprint density at radius 3 is 3.00 bits per heavy atom. The standard InChI is InChI=1S/C22H26N4O3/c1-15(16-7-10-26(2)11-8-16)24-22(27)19-13-29-21(25-19)14-28-20-5-3-4-17-12-23-9-6-18(17)20/h3-6,9,12-13,15-16H,7-8,10-11,14H2,1-2H3,(H,24,27)/t15-/m1/s1. The van der Waals surface area contributed by atoms with Crippen molar-refractivity contribution in [2.45, 2.75) is 32.4 Å². The molecule has 1 amide bonds. The Morgan fingerprint density at radius 1 is 1.34 bits per heavy atom. The maximum atomic E-state index is 12.5. The summed E-state index contributed by atoms with van der Waals surface area (Å²) in [7, 11) is 2.13. The molecule has 1 aliphatic rings. The lowest BCUT2D eigenvalue weighted by molar-refractivity contribution is 0.0904. The molecule has 0 unspecified atom stereocenters. The number of nitrogens with zero attached hydrogens (tertiary/aromatic N) is 3. The third-order valence-corrected chi connectivity index (χ3v) is 5.61. The summed E-state index contributed by atoms with van der Waals surface area (Å²) in [5, 5.41) is 5.04. The van der Waals surface area contributed by atoms with Crippen LogP contribution in [0.4, 0.5) is 0 Å². The average molecular weight is 394 g/mol. The number of hydrogen-bond acceptors (Lipinski definition) is 6. The monoisotopic (exact) mass is 394 g/mol. The summed E-state index contributed by atoms with van der Waals surface area (Å²) in [6, 6.07) is 7.80. The molecule has 3 heterocycles. The van der Waals surface area contributed by atoms with Crippen molar-refractivity contribution in [1.29, 1.82) is 0 Å². The van der Waals surface area contributed by atoms with Gasteiger partial charge in [-0.25, -0.2) is 4.98 Å². The minimum atomic E-state index is -0.206. The van der Waals surface area contributed by atoms with Gasteiger partial charge < -0.3 is 19.4 Å². The van der Waals surface area contributed by atoms with Crippen molar-refractivity contribution in [3.63, 3.8) is 0 Å². The first-order valence-electron chi connectivity index (χ1n) is 9.99. The topological polar surface area (TPSA) is 80.5 Å². The highest BCUT2D eigenvalue weighted by molar-refractivity contribution is 5.92. The van der Waals surface area contributed by atoms with E-state index in [0.717, 1.165) is 42.5 Å². The molecule has 0 spiro atoms. The summed E-state index contributed by atoms with van der Waals surface area (Å²) in [6.07, 6.45) is 7.10. The van der Waals surface area contributed by atoms with Crippen LogP contribution in [0.3, 0.4) is 0 Å². The molecule has 7 nitrogen and oxygen atoms in total. The first-order chi connectivity index (χ1) is 14.1. The summed E-state index contributed by atoms with van der Waals surface area (Å²) in [5.74, 6) is 1.38. The molecule has 1 aromatic carbocycles. The number of nitrogens with one attached hydrogen (secondary N) is 1. The number of fused-ring (bicyclic) bond motifs is 1. The molecule has 1 N–H and O–H groups in total. The van der Waals surface area contributed by atoms with Crippen LogP contribution in [0.15, 0.2) is 47.3 Å². The van der Waals surface area contributed by atoms with Crippen LogP contribution in [0, 0.1) is 5.92 Å². The van der Waals surface area contributed by atoms with Gasteiger partial charge in [0.2, 0.25) is 5.89 Å². The molecule has 0 bridgehead atoms. The molecule has 1 saturated heterocycles. The lowest BCUT2D eigenvalue weighted by atomic mass is 9.90. The zero-order chi connectivity index (χ0) is 20.2. The maximum Gasteiger partial charge on any atom is 0.273 e. The SMILES string of the molecule is C[C@@H](NC(=O)c1coc(COc2cccc3cnccc23)n1)C1CCN(C)CC1. The maximum absolute atomic E-state index is 12.5. The summed E-state index contributed by atoms with van der Waals surface area (Å²) >= 11 is 0. The van der Waals surface area contributed by atoms with Gasteiger partial charge in [-0.1, -0.05) is 12.1 Å². The smallest absolute Gasteiger partial charge is 0.273 e. The average Bonchev–Trinajstić information content (AvgIpc) is 3.22. The Morgan fingerprint density at radius 2 is 2.17 bits per heavy atom. The van der Waals surface area contributed by atoms with E-state index in [2.05, 4.69) is 34.2 Å². The Kier molecular flexibility index (Phi) is 5.76. The number of amides is 1. The Hall–Kier alpha value is -2.93. The van der Waals surface area contributed by atoms with Crippen molar-refractivity contribution >= 4 is 16.7 Å². The normalized spacial score (nSPS) is 16.6. The second-order valence-corrected chi connectivity index (χ2v) is 7.67. The van der Waals surface area contributed by atoms with Crippen LogP contribution >= 0.6 is 0 Å². The largest absolute Gasteiger partial charge is 0.483 e. The molecule has 1 aliphatic heterocycles. The van der Waals surface area contributed by atoms with E-state index in [0.29, 0.717) is 11.8 Å². The van der Waals surface area contributed by atoms with Gasteiger partial charge in [-0.05, 0) is 58.0 Å². The van der Waals surface area contributed by atoms with Gasteiger partial charge in [0.25, 0.3) is 5.91 Å². The third-order valence-electron chi connectivity index (χ3n) is 5.61. The fourth-order valence-electron chi connectivity index (χ4n) is 3.77. The number of oxazole rings is 1. The van der Waals surface area contributed by atoms with Crippen molar-refractivity contribution in [2.24, 2.45) is 5.92 Å². The second-order valence-electron chi connectivity index (χ2n) is 7.67. The number of likely N-dealkylation sites (tertiary alicyclic amines) is 1.